The minimum absolute atomic E-state index is 0.134. The summed E-state index contributed by atoms with van der Waals surface area (Å²) in [5, 5.41) is 2.87. The maximum atomic E-state index is 12.0. The van der Waals surface area contributed by atoms with Crippen molar-refractivity contribution in [1.29, 1.82) is 0 Å². The fraction of sp³-hybridized carbons (Fsp3) is 0.533. The molecule has 5 heteroatoms. The number of carbonyl (C=O) groups excluding carboxylic acids is 1. The number of amides is 1. The summed E-state index contributed by atoms with van der Waals surface area (Å²) in [7, 11) is 0. The topological polar surface area (TPSA) is 64.4 Å². The molecule has 0 saturated carbocycles. The van der Waals surface area contributed by atoms with Gasteiger partial charge in [-0.2, -0.15) is 11.8 Å². The van der Waals surface area contributed by atoms with E-state index in [9.17, 15) is 4.79 Å². The predicted octanol–water partition coefficient (Wildman–Crippen LogP) is 2.80. The number of ether oxygens (including phenoxy) is 1. The summed E-state index contributed by atoms with van der Waals surface area (Å²) >= 11 is 1.69. The van der Waals surface area contributed by atoms with Gasteiger partial charge in [0.05, 0.1) is 12.1 Å². The van der Waals surface area contributed by atoms with Gasteiger partial charge in [0, 0.05) is 5.69 Å². The van der Waals surface area contributed by atoms with Gasteiger partial charge < -0.3 is 15.8 Å². The number of hydrogen-bond donors (Lipinski definition) is 2. The second kappa shape index (κ2) is 8.17. The summed E-state index contributed by atoms with van der Waals surface area (Å²) in [5.74, 6) is 1.55. The zero-order valence-corrected chi connectivity index (χ0v) is 13.4. The highest BCUT2D eigenvalue weighted by Crippen LogP contribution is 2.22. The van der Waals surface area contributed by atoms with Gasteiger partial charge in [-0.3, -0.25) is 4.79 Å². The first-order valence-corrected chi connectivity index (χ1v) is 8.16. The van der Waals surface area contributed by atoms with Gasteiger partial charge in [0.1, 0.15) is 5.75 Å². The van der Waals surface area contributed by atoms with Crippen molar-refractivity contribution < 1.29 is 9.53 Å². The van der Waals surface area contributed by atoms with Gasteiger partial charge in [0.2, 0.25) is 5.91 Å². The van der Waals surface area contributed by atoms with E-state index in [-0.39, 0.29) is 12.0 Å². The van der Waals surface area contributed by atoms with Crippen LogP contribution in [0.1, 0.15) is 25.8 Å². The monoisotopic (exact) mass is 296 g/mol. The van der Waals surface area contributed by atoms with Crippen LogP contribution in [0, 0.1) is 6.92 Å². The number of aryl methyl sites for hydroxylation is 1. The molecule has 1 amide bonds. The summed E-state index contributed by atoms with van der Waals surface area (Å²) in [4.78, 5) is 12.0. The molecule has 0 aliphatic carbocycles. The van der Waals surface area contributed by atoms with Crippen molar-refractivity contribution in [2.24, 2.45) is 5.73 Å². The molecule has 0 saturated heterocycles. The molecule has 0 bridgehead atoms. The molecular formula is C15H24N2O2S. The van der Waals surface area contributed by atoms with Crippen LogP contribution in [0.5, 0.6) is 5.75 Å². The predicted molar refractivity (Wildman–Crippen MR) is 86.5 cm³/mol. The number of carbonyl (C=O) groups is 1. The van der Waals surface area contributed by atoms with Crippen molar-refractivity contribution in [2.45, 2.75) is 39.3 Å². The quantitative estimate of drug-likeness (QED) is 0.812. The van der Waals surface area contributed by atoms with E-state index in [2.05, 4.69) is 5.32 Å². The molecule has 0 aromatic heterocycles. The van der Waals surface area contributed by atoms with Gasteiger partial charge >= 0.3 is 0 Å². The largest absolute Gasteiger partial charge is 0.491 e. The lowest BCUT2D eigenvalue weighted by molar-refractivity contribution is -0.117. The Morgan fingerprint density at radius 1 is 1.45 bits per heavy atom. The van der Waals surface area contributed by atoms with E-state index in [0.29, 0.717) is 6.42 Å². The zero-order valence-electron chi connectivity index (χ0n) is 12.6. The Morgan fingerprint density at radius 2 is 2.15 bits per heavy atom. The highest BCUT2D eigenvalue weighted by molar-refractivity contribution is 7.98. The number of hydrogen-bond acceptors (Lipinski definition) is 4. The standard InChI is InChI=1S/C15H24N2O2S/c1-10(2)19-12-5-6-14(11(3)9-12)17-15(18)13(16)7-8-20-4/h5-6,9-10,13H,7-8,16H2,1-4H3,(H,17,18)/t13-/m0/s1. The van der Waals surface area contributed by atoms with E-state index in [1.54, 1.807) is 11.8 Å². The van der Waals surface area contributed by atoms with Crippen LogP contribution in [-0.4, -0.2) is 30.1 Å². The van der Waals surface area contributed by atoms with E-state index in [0.717, 1.165) is 22.8 Å². The van der Waals surface area contributed by atoms with Crippen molar-refractivity contribution in [2.75, 3.05) is 17.3 Å². The van der Waals surface area contributed by atoms with E-state index >= 15 is 0 Å². The molecule has 1 aromatic rings. The Labute approximate surface area is 125 Å². The van der Waals surface area contributed by atoms with Crippen LogP contribution < -0.4 is 15.8 Å². The summed E-state index contributed by atoms with van der Waals surface area (Å²) in [6.07, 6.45) is 2.82. The maximum absolute atomic E-state index is 12.0. The highest BCUT2D eigenvalue weighted by atomic mass is 32.2. The summed E-state index contributed by atoms with van der Waals surface area (Å²) in [6.45, 7) is 5.90. The van der Waals surface area contributed by atoms with Crippen LogP contribution in [0.2, 0.25) is 0 Å². The van der Waals surface area contributed by atoms with Crippen LogP contribution in [-0.2, 0) is 4.79 Å². The van der Waals surface area contributed by atoms with E-state index < -0.39 is 6.04 Å². The van der Waals surface area contributed by atoms with Crippen molar-refractivity contribution >= 4 is 23.4 Å². The summed E-state index contributed by atoms with van der Waals surface area (Å²) in [6, 6.07) is 5.17. The molecule has 0 aliphatic heterocycles. The number of benzene rings is 1. The number of thioether (sulfide) groups is 1. The smallest absolute Gasteiger partial charge is 0.241 e. The van der Waals surface area contributed by atoms with Crippen LogP contribution in [0.4, 0.5) is 5.69 Å². The summed E-state index contributed by atoms with van der Waals surface area (Å²) in [5.41, 5.74) is 7.60. The number of anilines is 1. The Balaban J connectivity index is 2.66. The van der Waals surface area contributed by atoms with Crippen molar-refractivity contribution in [1.82, 2.24) is 0 Å². The zero-order chi connectivity index (χ0) is 15.1. The second-order valence-corrected chi connectivity index (χ2v) is 6.01. The van der Waals surface area contributed by atoms with E-state index in [1.165, 1.54) is 0 Å². The molecule has 0 fully saturated rings. The van der Waals surface area contributed by atoms with Gasteiger partial charge in [-0.15, -0.1) is 0 Å². The Kier molecular flexibility index (Phi) is 6.88. The minimum Gasteiger partial charge on any atom is -0.491 e. The molecule has 112 valence electrons. The van der Waals surface area contributed by atoms with Gasteiger partial charge in [-0.1, -0.05) is 0 Å². The van der Waals surface area contributed by atoms with Gasteiger partial charge in [0.25, 0.3) is 0 Å². The van der Waals surface area contributed by atoms with Gasteiger partial charge in [-0.25, -0.2) is 0 Å². The molecule has 1 aromatic carbocycles. The highest BCUT2D eigenvalue weighted by Gasteiger charge is 2.14. The molecule has 0 aliphatic rings. The molecule has 0 heterocycles. The van der Waals surface area contributed by atoms with E-state index in [1.807, 2.05) is 45.2 Å². The fourth-order valence-corrected chi connectivity index (χ4v) is 2.21. The molecule has 4 nitrogen and oxygen atoms in total. The lowest BCUT2D eigenvalue weighted by atomic mass is 10.1. The van der Waals surface area contributed by atoms with Crippen LogP contribution in [0.25, 0.3) is 0 Å². The fourth-order valence-electron chi connectivity index (χ4n) is 1.72. The lowest BCUT2D eigenvalue weighted by Crippen LogP contribution is -2.36. The third-order valence-electron chi connectivity index (χ3n) is 2.80. The van der Waals surface area contributed by atoms with Crippen molar-refractivity contribution in [3.8, 4) is 5.75 Å². The molecule has 0 spiro atoms. The average molecular weight is 296 g/mol. The van der Waals surface area contributed by atoms with Crippen LogP contribution >= 0.6 is 11.8 Å². The van der Waals surface area contributed by atoms with E-state index in [4.69, 9.17) is 10.5 Å². The lowest BCUT2D eigenvalue weighted by Gasteiger charge is -2.15. The number of nitrogens with one attached hydrogen (secondary N) is 1. The van der Waals surface area contributed by atoms with Gasteiger partial charge in [-0.05, 0) is 63.0 Å². The molecule has 1 rings (SSSR count). The summed E-state index contributed by atoms with van der Waals surface area (Å²) < 4.78 is 5.62. The molecule has 1 atom stereocenters. The third-order valence-corrected chi connectivity index (χ3v) is 3.44. The maximum Gasteiger partial charge on any atom is 0.241 e. The second-order valence-electron chi connectivity index (χ2n) is 5.02. The van der Waals surface area contributed by atoms with Gasteiger partial charge in [0.15, 0.2) is 0 Å². The molecule has 20 heavy (non-hydrogen) atoms. The van der Waals surface area contributed by atoms with Crippen molar-refractivity contribution in [3.05, 3.63) is 23.8 Å². The Hall–Kier alpha value is -1.20. The number of nitrogens with two attached hydrogens (primary N) is 1. The SMILES string of the molecule is CSCC[C@H](N)C(=O)Nc1ccc(OC(C)C)cc1C. The Morgan fingerprint density at radius 3 is 2.70 bits per heavy atom. The first-order chi connectivity index (χ1) is 9.43. The molecule has 0 radical (unpaired) electrons. The van der Waals surface area contributed by atoms with Crippen LogP contribution in [0.3, 0.4) is 0 Å². The Bertz CT molecular complexity index is 449. The van der Waals surface area contributed by atoms with Crippen molar-refractivity contribution in [3.63, 3.8) is 0 Å². The number of rotatable bonds is 7. The molecular weight excluding hydrogens is 272 g/mol. The first kappa shape index (κ1) is 16.9. The average Bonchev–Trinajstić information content (AvgIpc) is 2.38. The normalized spacial score (nSPS) is 12.3. The molecule has 0 unspecified atom stereocenters. The third kappa shape index (κ3) is 5.43. The minimum atomic E-state index is -0.464. The first-order valence-electron chi connectivity index (χ1n) is 6.76. The van der Waals surface area contributed by atoms with Crippen LogP contribution in [0.15, 0.2) is 18.2 Å². The molecule has 3 N–H and O–H groups in total.